The van der Waals surface area contributed by atoms with E-state index in [1.807, 2.05) is 18.2 Å². The first-order valence-corrected chi connectivity index (χ1v) is 6.49. The molecule has 0 radical (unpaired) electrons. The summed E-state index contributed by atoms with van der Waals surface area (Å²) in [5.41, 5.74) is 0.973. The van der Waals surface area contributed by atoms with Gasteiger partial charge >= 0.3 is 6.18 Å². The molecular weight excluding hydrogens is 280 g/mol. The van der Waals surface area contributed by atoms with E-state index >= 15 is 0 Å². The standard InChI is InChI=1S/C17H14F4/c1-2-3-4-12-5-7-13(8-6-12)14-9-10-15(16(18)11-14)17(19,20)21/h2,5-11H,1,3-4H2. The SMILES string of the molecule is C=CCCc1ccc(-c2ccc(C(F)(F)F)c(F)c2)cc1. The molecule has 0 unspecified atom stereocenters. The highest BCUT2D eigenvalue weighted by atomic mass is 19.4. The van der Waals surface area contributed by atoms with Crippen LogP contribution in [0.1, 0.15) is 17.5 Å². The van der Waals surface area contributed by atoms with Gasteiger partial charge in [0.25, 0.3) is 0 Å². The topological polar surface area (TPSA) is 0 Å². The molecule has 0 N–H and O–H groups in total. The molecule has 0 fully saturated rings. The van der Waals surface area contributed by atoms with Gasteiger partial charge in [-0.05, 0) is 41.7 Å². The molecule has 0 aliphatic heterocycles. The maximum atomic E-state index is 13.5. The molecule has 21 heavy (non-hydrogen) atoms. The fourth-order valence-electron chi connectivity index (χ4n) is 2.06. The Bertz CT molecular complexity index is 624. The minimum absolute atomic E-state index is 0.427. The van der Waals surface area contributed by atoms with Crippen molar-refractivity contribution in [2.24, 2.45) is 0 Å². The van der Waals surface area contributed by atoms with E-state index in [1.165, 1.54) is 6.07 Å². The lowest BCUT2D eigenvalue weighted by atomic mass is 10.0. The van der Waals surface area contributed by atoms with Gasteiger partial charge < -0.3 is 0 Å². The highest BCUT2D eigenvalue weighted by Crippen LogP contribution is 2.33. The number of rotatable bonds is 4. The summed E-state index contributed by atoms with van der Waals surface area (Å²) < 4.78 is 51.1. The molecule has 0 amide bonds. The van der Waals surface area contributed by atoms with Crippen LogP contribution in [0, 0.1) is 5.82 Å². The monoisotopic (exact) mass is 294 g/mol. The van der Waals surface area contributed by atoms with Gasteiger partial charge in [0.2, 0.25) is 0 Å². The molecule has 2 aromatic rings. The number of alkyl halides is 3. The van der Waals surface area contributed by atoms with Crippen molar-refractivity contribution in [3.05, 3.63) is 72.1 Å². The van der Waals surface area contributed by atoms with Crippen LogP contribution in [-0.2, 0) is 12.6 Å². The average Bonchev–Trinajstić information content (AvgIpc) is 2.44. The molecule has 0 atom stereocenters. The summed E-state index contributed by atoms with van der Waals surface area (Å²) in [6.45, 7) is 3.65. The van der Waals surface area contributed by atoms with Crippen LogP contribution in [0.15, 0.2) is 55.1 Å². The summed E-state index contributed by atoms with van der Waals surface area (Å²) in [6.07, 6.45) is -1.14. The number of halogens is 4. The molecule has 4 heteroatoms. The van der Waals surface area contributed by atoms with E-state index in [4.69, 9.17) is 0 Å². The zero-order valence-electron chi connectivity index (χ0n) is 11.3. The van der Waals surface area contributed by atoms with Crippen LogP contribution in [-0.4, -0.2) is 0 Å². The average molecular weight is 294 g/mol. The normalized spacial score (nSPS) is 11.4. The van der Waals surface area contributed by atoms with Crippen molar-refractivity contribution in [3.8, 4) is 11.1 Å². The minimum Gasteiger partial charge on any atom is -0.206 e. The maximum Gasteiger partial charge on any atom is 0.419 e. The van der Waals surface area contributed by atoms with Gasteiger partial charge in [0, 0.05) is 0 Å². The molecule has 0 saturated carbocycles. The highest BCUT2D eigenvalue weighted by molar-refractivity contribution is 5.64. The lowest BCUT2D eigenvalue weighted by molar-refractivity contribution is -0.139. The second-order valence-electron chi connectivity index (χ2n) is 4.72. The second-order valence-corrected chi connectivity index (χ2v) is 4.72. The Morgan fingerprint density at radius 3 is 2.10 bits per heavy atom. The van der Waals surface area contributed by atoms with E-state index in [9.17, 15) is 17.6 Å². The lowest BCUT2D eigenvalue weighted by Gasteiger charge is -2.10. The Morgan fingerprint density at radius 1 is 0.952 bits per heavy atom. The zero-order valence-corrected chi connectivity index (χ0v) is 11.3. The lowest BCUT2D eigenvalue weighted by Crippen LogP contribution is -2.07. The predicted molar refractivity (Wildman–Crippen MR) is 75.4 cm³/mol. The molecule has 0 nitrogen and oxygen atoms in total. The van der Waals surface area contributed by atoms with Gasteiger partial charge in [0.15, 0.2) is 0 Å². The summed E-state index contributed by atoms with van der Waals surface area (Å²) in [7, 11) is 0. The van der Waals surface area contributed by atoms with E-state index in [0.29, 0.717) is 11.1 Å². The van der Waals surface area contributed by atoms with E-state index in [-0.39, 0.29) is 0 Å². The van der Waals surface area contributed by atoms with E-state index in [2.05, 4.69) is 6.58 Å². The highest BCUT2D eigenvalue weighted by Gasteiger charge is 2.33. The third-order valence-corrected chi connectivity index (χ3v) is 3.20. The van der Waals surface area contributed by atoms with Crippen molar-refractivity contribution < 1.29 is 17.6 Å². The van der Waals surface area contributed by atoms with Gasteiger partial charge in [-0.3, -0.25) is 0 Å². The quantitative estimate of drug-likeness (QED) is 0.506. The van der Waals surface area contributed by atoms with Crippen LogP contribution in [0.25, 0.3) is 11.1 Å². The third kappa shape index (κ3) is 3.72. The molecular formula is C17H14F4. The first-order valence-electron chi connectivity index (χ1n) is 6.49. The van der Waals surface area contributed by atoms with E-state index < -0.39 is 17.6 Å². The Balaban J connectivity index is 2.26. The summed E-state index contributed by atoms with van der Waals surface area (Å²) in [5, 5.41) is 0. The van der Waals surface area contributed by atoms with Crippen LogP contribution in [0.5, 0.6) is 0 Å². The fourth-order valence-corrected chi connectivity index (χ4v) is 2.06. The van der Waals surface area contributed by atoms with Crippen LogP contribution >= 0.6 is 0 Å². The summed E-state index contributed by atoms with van der Waals surface area (Å²) in [4.78, 5) is 0. The van der Waals surface area contributed by atoms with Crippen molar-refractivity contribution in [2.75, 3.05) is 0 Å². The number of hydrogen-bond acceptors (Lipinski definition) is 0. The molecule has 0 saturated heterocycles. The molecule has 0 aliphatic rings. The molecule has 2 rings (SSSR count). The number of allylic oxidation sites excluding steroid dienone is 1. The Hall–Kier alpha value is -2.10. The Labute approximate surface area is 120 Å². The molecule has 0 aromatic heterocycles. The van der Waals surface area contributed by atoms with Crippen molar-refractivity contribution in [2.45, 2.75) is 19.0 Å². The van der Waals surface area contributed by atoms with E-state index in [0.717, 1.165) is 30.5 Å². The minimum atomic E-state index is -4.67. The Morgan fingerprint density at radius 2 is 1.57 bits per heavy atom. The summed E-state index contributed by atoms with van der Waals surface area (Å²) in [6, 6.07) is 10.3. The first kappa shape index (κ1) is 15.3. The van der Waals surface area contributed by atoms with Crippen LogP contribution in [0.4, 0.5) is 17.6 Å². The van der Waals surface area contributed by atoms with Gasteiger partial charge in [-0.15, -0.1) is 6.58 Å². The third-order valence-electron chi connectivity index (χ3n) is 3.20. The molecule has 0 heterocycles. The predicted octanol–water partition coefficient (Wildman–Crippen LogP) is 5.63. The van der Waals surface area contributed by atoms with E-state index in [1.54, 1.807) is 12.1 Å². The first-order chi connectivity index (χ1) is 9.91. The van der Waals surface area contributed by atoms with Gasteiger partial charge in [-0.1, -0.05) is 36.4 Å². The Kier molecular flexibility index (Phi) is 4.46. The smallest absolute Gasteiger partial charge is 0.206 e. The summed E-state index contributed by atoms with van der Waals surface area (Å²) >= 11 is 0. The van der Waals surface area contributed by atoms with Crippen molar-refractivity contribution in [1.29, 1.82) is 0 Å². The molecule has 0 bridgehead atoms. The molecule has 2 aromatic carbocycles. The van der Waals surface area contributed by atoms with Gasteiger partial charge in [0.05, 0.1) is 5.56 Å². The zero-order chi connectivity index (χ0) is 15.5. The van der Waals surface area contributed by atoms with Crippen LogP contribution < -0.4 is 0 Å². The van der Waals surface area contributed by atoms with Crippen molar-refractivity contribution in [1.82, 2.24) is 0 Å². The van der Waals surface area contributed by atoms with Crippen molar-refractivity contribution in [3.63, 3.8) is 0 Å². The van der Waals surface area contributed by atoms with Gasteiger partial charge in [0.1, 0.15) is 5.82 Å². The number of hydrogen-bond donors (Lipinski definition) is 0. The van der Waals surface area contributed by atoms with Crippen LogP contribution in [0.3, 0.4) is 0 Å². The second kappa shape index (κ2) is 6.12. The van der Waals surface area contributed by atoms with Crippen LogP contribution in [0.2, 0.25) is 0 Å². The molecule has 110 valence electrons. The van der Waals surface area contributed by atoms with Crippen molar-refractivity contribution >= 4 is 0 Å². The number of benzene rings is 2. The molecule has 0 spiro atoms. The largest absolute Gasteiger partial charge is 0.419 e. The fraction of sp³-hybridized carbons (Fsp3) is 0.176. The van der Waals surface area contributed by atoms with Gasteiger partial charge in [-0.25, -0.2) is 4.39 Å². The van der Waals surface area contributed by atoms with Gasteiger partial charge in [-0.2, -0.15) is 13.2 Å². The number of aryl methyl sites for hydroxylation is 1. The summed E-state index contributed by atoms with van der Waals surface area (Å²) in [5.74, 6) is -1.25. The molecule has 0 aliphatic carbocycles. The maximum absolute atomic E-state index is 13.5.